The quantitative estimate of drug-likeness (QED) is 0.334. The van der Waals surface area contributed by atoms with Crippen LogP contribution >= 0.6 is 34.4 Å². The van der Waals surface area contributed by atoms with E-state index in [4.69, 9.17) is 9.47 Å². The third kappa shape index (κ3) is 5.32. The Kier molecular flexibility index (Phi) is 7.84. The van der Waals surface area contributed by atoms with Crippen molar-refractivity contribution in [1.29, 1.82) is 0 Å². The van der Waals surface area contributed by atoms with Crippen molar-refractivity contribution in [3.63, 3.8) is 0 Å². The number of nitrogens with zero attached hydrogens (tertiary/aromatic N) is 3. The summed E-state index contributed by atoms with van der Waals surface area (Å²) in [5, 5.41) is 14.9. The zero-order chi connectivity index (χ0) is 23.4. The number of nitrogens with one attached hydrogen (secondary N) is 1. The van der Waals surface area contributed by atoms with Crippen molar-refractivity contribution in [3.8, 4) is 10.7 Å². The van der Waals surface area contributed by atoms with E-state index >= 15 is 0 Å². The smallest absolute Gasteiger partial charge is 0.341 e. The first-order chi connectivity index (χ1) is 16.0. The summed E-state index contributed by atoms with van der Waals surface area (Å²) in [4.78, 5) is 27.1. The highest BCUT2D eigenvalue weighted by molar-refractivity contribution is 7.99. The van der Waals surface area contributed by atoms with Crippen LogP contribution in [0.15, 0.2) is 22.7 Å². The third-order valence-corrected chi connectivity index (χ3v) is 8.30. The van der Waals surface area contributed by atoms with Gasteiger partial charge in [0.05, 0.1) is 36.0 Å². The summed E-state index contributed by atoms with van der Waals surface area (Å²) in [6.07, 6.45) is 2.86. The highest BCUT2D eigenvalue weighted by Gasteiger charge is 2.25. The Balaban J connectivity index is 1.49. The first kappa shape index (κ1) is 23.9. The summed E-state index contributed by atoms with van der Waals surface area (Å²) in [6.45, 7) is 5.35. The van der Waals surface area contributed by atoms with Crippen molar-refractivity contribution in [3.05, 3.63) is 33.5 Å². The summed E-state index contributed by atoms with van der Waals surface area (Å²) in [5.41, 5.74) is 1.36. The van der Waals surface area contributed by atoms with Gasteiger partial charge in [0.15, 0.2) is 11.0 Å². The zero-order valence-corrected chi connectivity index (χ0v) is 21.2. The lowest BCUT2D eigenvalue weighted by Crippen LogP contribution is -2.18. The van der Waals surface area contributed by atoms with Gasteiger partial charge in [0.25, 0.3) is 0 Å². The van der Waals surface area contributed by atoms with Gasteiger partial charge in [-0.1, -0.05) is 24.8 Å². The van der Waals surface area contributed by atoms with Crippen molar-refractivity contribution in [2.24, 2.45) is 0 Å². The summed E-state index contributed by atoms with van der Waals surface area (Å²) in [7, 11) is 1.35. The van der Waals surface area contributed by atoms with Crippen LogP contribution in [0.4, 0.5) is 5.00 Å². The van der Waals surface area contributed by atoms with Gasteiger partial charge in [-0.15, -0.1) is 32.9 Å². The van der Waals surface area contributed by atoms with Crippen molar-refractivity contribution in [2.75, 3.05) is 24.8 Å². The molecule has 0 aliphatic carbocycles. The number of rotatable bonds is 9. The first-order valence-electron chi connectivity index (χ1n) is 10.7. The van der Waals surface area contributed by atoms with E-state index < -0.39 is 5.97 Å². The maximum atomic E-state index is 12.8. The molecular formula is C22H26N4O4S3. The molecule has 176 valence electrons. The van der Waals surface area contributed by atoms with E-state index in [1.54, 1.807) is 11.3 Å². The van der Waals surface area contributed by atoms with Crippen LogP contribution in [-0.4, -0.2) is 52.2 Å². The molecule has 3 aromatic heterocycles. The fraction of sp³-hybridized carbons (Fsp3) is 0.455. The number of carbonyl (C=O) groups excluding carboxylic acids is 2. The second-order valence-electron chi connectivity index (χ2n) is 7.55. The molecule has 3 aromatic rings. The molecule has 33 heavy (non-hydrogen) atoms. The van der Waals surface area contributed by atoms with Crippen LogP contribution in [0.1, 0.15) is 40.6 Å². The summed E-state index contributed by atoms with van der Waals surface area (Å²) < 4.78 is 12.8. The molecule has 1 N–H and O–H groups in total. The van der Waals surface area contributed by atoms with Gasteiger partial charge in [-0.3, -0.25) is 9.36 Å². The van der Waals surface area contributed by atoms with Gasteiger partial charge in [-0.2, -0.15) is 0 Å². The number of carbonyl (C=O) groups is 2. The molecule has 1 aliphatic rings. The summed E-state index contributed by atoms with van der Waals surface area (Å²) in [6, 6.07) is 4.00. The van der Waals surface area contributed by atoms with Crippen molar-refractivity contribution >= 4 is 51.3 Å². The molecular weight excluding hydrogens is 480 g/mol. The third-order valence-electron chi connectivity index (χ3n) is 5.41. The number of aromatic nitrogens is 3. The number of methoxy groups -OCH3 is 1. The molecule has 0 saturated carbocycles. The van der Waals surface area contributed by atoms with Gasteiger partial charge >= 0.3 is 5.97 Å². The lowest BCUT2D eigenvalue weighted by Gasteiger charge is -2.14. The van der Waals surface area contributed by atoms with Crippen molar-refractivity contribution < 1.29 is 19.1 Å². The van der Waals surface area contributed by atoms with Crippen LogP contribution in [0.5, 0.6) is 0 Å². The molecule has 0 bridgehead atoms. The monoisotopic (exact) mass is 506 g/mol. The number of aryl methyl sites for hydroxylation is 1. The van der Waals surface area contributed by atoms with E-state index in [9.17, 15) is 9.59 Å². The topological polar surface area (TPSA) is 95.3 Å². The molecule has 0 spiro atoms. The van der Waals surface area contributed by atoms with E-state index in [0.29, 0.717) is 28.7 Å². The van der Waals surface area contributed by atoms with E-state index in [1.165, 1.54) is 30.2 Å². The molecule has 1 amide bonds. The minimum atomic E-state index is -0.434. The normalized spacial score (nSPS) is 15.7. The second kappa shape index (κ2) is 10.8. The van der Waals surface area contributed by atoms with Crippen LogP contribution in [0.2, 0.25) is 0 Å². The van der Waals surface area contributed by atoms with Gasteiger partial charge < -0.3 is 14.8 Å². The minimum Gasteiger partial charge on any atom is -0.465 e. The Morgan fingerprint density at radius 3 is 2.91 bits per heavy atom. The molecule has 1 saturated heterocycles. The lowest BCUT2D eigenvalue weighted by atomic mass is 10.1. The highest BCUT2D eigenvalue weighted by Crippen LogP contribution is 2.34. The Labute approximate surface area is 204 Å². The average Bonchev–Trinajstić information content (AvgIpc) is 3.60. The van der Waals surface area contributed by atoms with Crippen LogP contribution in [0, 0.1) is 6.92 Å². The van der Waals surface area contributed by atoms with Crippen LogP contribution in [-0.2, 0) is 27.2 Å². The van der Waals surface area contributed by atoms with Crippen molar-refractivity contribution in [2.45, 2.75) is 50.9 Å². The number of hydrogen-bond donors (Lipinski definition) is 1. The molecule has 1 aliphatic heterocycles. The second-order valence-corrected chi connectivity index (χ2v) is 10.7. The molecule has 0 radical (unpaired) electrons. The Morgan fingerprint density at radius 2 is 2.24 bits per heavy atom. The van der Waals surface area contributed by atoms with Gasteiger partial charge in [0, 0.05) is 11.5 Å². The molecule has 1 atom stereocenters. The van der Waals surface area contributed by atoms with E-state index in [1.807, 2.05) is 35.9 Å². The number of thiophene rings is 2. The molecule has 8 nitrogen and oxygen atoms in total. The standard InChI is InChI=1S/C22H26N4O4S3/c1-4-15-13(2)33-20(18(15)21(28)29-3)23-17(27)12-32-22-25-24-19(16-8-6-10-31-16)26(22)11-14-7-5-9-30-14/h6,8,10,14H,4-5,7,9,11-12H2,1-3H3,(H,23,27). The van der Waals surface area contributed by atoms with Gasteiger partial charge in [-0.25, -0.2) is 4.79 Å². The van der Waals surface area contributed by atoms with Crippen LogP contribution in [0.25, 0.3) is 10.7 Å². The summed E-state index contributed by atoms with van der Waals surface area (Å²) in [5.74, 6) is 0.292. The largest absolute Gasteiger partial charge is 0.465 e. The fourth-order valence-corrected chi connectivity index (χ4v) is 6.46. The maximum Gasteiger partial charge on any atom is 0.341 e. The Hall–Kier alpha value is -2.21. The average molecular weight is 507 g/mol. The maximum absolute atomic E-state index is 12.8. The zero-order valence-electron chi connectivity index (χ0n) is 18.8. The number of hydrogen-bond acceptors (Lipinski definition) is 9. The SMILES string of the molecule is CCc1c(C)sc(NC(=O)CSc2nnc(-c3cccs3)n2CC2CCCO2)c1C(=O)OC. The van der Waals surface area contributed by atoms with Crippen LogP contribution in [0.3, 0.4) is 0 Å². The minimum absolute atomic E-state index is 0.122. The van der Waals surface area contributed by atoms with Gasteiger partial charge in [0.2, 0.25) is 5.91 Å². The van der Waals surface area contributed by atoms with Crippen LogP contribution < -0.4 is 5.32 Å². The molecule has 4 rings (SSSR count). The molecule has 1 unspecified atom stereocenters. The number of amides is 1. The number of esters is 1. The summed E-state index contributed by atoms with van der Waals surface area (Å²) >= 11 is 4.33. The predicted molar refractivity (Wildman–Crippen MR) is 131 cm³/mol. The fourth-order valence-electron chi connectivity index (χ4n) is 3.84. The molecule has 4 heterocycles. The molecule has 11 heteroatoms. The Bertz CT molecular complexity index is 1120. The number of anilines is 1. The van der Waals surface area contributed by atoms with E-state index in [2.05, 4.69) is 15.5 Å². The van der Waals surface area contributed by atoms with E-state index in [-0.39, 0.29) is 17.8 Å². The molecule has 0 aromatic carbocycles. The highest BCUT2D eigenvalue weighted by atomic mass is 32.2. The predicted octanol–water partition coefficient (Wildman–Crippen LogP) is 4.64. The van der Waals surface area contributed by atoms with Gasteiger partial charge in [0.1, 0.15) is 5.00 Å². The number of ether oxygens (including phenoxy) is 2. The van der Waals surface area contributed by atoms with Gasteiger partial charge in [-0.05, 0) is 43.2 Å². The number of thioether (sulfide) groups is 1. The first-order valence-corrected chi connectivity index (χ1v) is 13.4. The van der Waals surface area contributed by atoms with E-state index in [0.717, 1.165) is 40.6 Å². The van der Waals surface area contributed by atoms with Crippen molar-refractivity contribution in [1.82, 2.24) is 14.8 Å². The molecule has 1 fully saturated rings. The lowest BCUT2D eigenvalue weighted by molar-refractivity contribution is -0.113. The Morgan fingerprint density at radius 1 is 1.39 bits per heavy atom.